The smallest absolute Gasteiger partial charge is 0.277 e. The predicted molar refractivity (Wildman–Crippen MR) is 111 cm³/mol. The molecule has 0 atom stereocenters. The van der Waals surface area contributed by atoms with Crippen LogP contribution < -0.4 is 5.32 Å². The third-order valence-electron chi connectivity index (χ3n) is 4.10. The van der Waals surface area contributed by atoms with Gasteiger partial charge in [0.15, 0.2) is 0 Å². The third kappa shape index (κ3) is 4.89. The average Bonchev–Trinajstić information content (AvgIpc) is 3.23. The Balaban J connectivity index is 1.32. The first-order valence-corrected chi connectivity index (χ1v) is 9.83. The second kappa shape index (κ2) is 8.70. The first-order chi connectivity index (χ1) is 14.2. The maximum Gasteiger partial charge on any atom is 0.277 e. The largest absolute Gasteiger partial charge is 0.411 e. The Bertz CT molecular complexity index is 1100. The molecular weight excluding hydrogens is 389 g/mol. The molecule has 1 aromatic heterocycles. The lowest BCUT2D eigenvalue weighted by atomic mass is 10.1. The summed E-state index contributed by atoms with van der Waals surface area (Å²) in [5.74, 6) is -0.101. The summed E-state index contributed by atoms with van der Waals surface area (Å²) in [6.45, 7) is 0. The van der Waals surface area contributed by atoms with E-state index in [0.29, 0.717) is 11.3 Å². The predicted octanol–water partition coefficient (Wildman–Crippen LogP) is 5.27. The number of anilines is 1. The zero-order chi connectivity index (χ0) is 20.1. The lowest BCUT2D eigenvalue weighted by Crippen LogP contribution is -2.13. The Morgan fingerprint density at radius 1 is 0.862 bits per heavy atom. The number of nitrogens with one attached hydrogen (secondary N) is 1. The monoisotopic (exact) mass is 405 g/mol. The average molecular weight is 405 g/mol. The minimum Gasteiger partial charge on any atom is -0.411 e. The molecule has 0 saturated heterocycles. The molecule has 0 aliphatic rings. The van der Waals surface area contributed by atoms with Crippen LogP contribution in [-0.2, 0) is 4.79 Å². The van der Waals surface area contributed by atoms with E-state index < -0.39 is 0 Å². The third-order valence-corrected chi connectivity index (χ3v) is 4.92. The van der Waals surface area contributed by atoms with Crippen molar-refractivity contribution in [2.75, 3.05) is 11.1 Å². The van der Waals surface area contributed by atoms with E-state index in [1.807, 2.05) is 54.6 Å². The van der Waals surface area contributed by atoms with Crippen LogP contribution >= 0.6 is 11.8 Å². The molecule has 0 unspecified atom stereocenters. The molecule has 1 N–H and O–H groups in total. The van der Waals surface area contributed by atoms with E-state index in [2.05, 4.69) is 15.5 Å². The Hall–Kier alpha value is -3.45. The second-order valence-electron chi connectivity index (χ2n) is 6.16. The number of aromatic nitrogens is 2. The summed E-state index contributed by atoms with van der Waals surface area (Å²) in [6.07, 6.45) is 0. The molecule has 144 valence electrons. The van der Waals surface area contributed by atoms with Crippen LogP contribution in [-0.4, -0.2) is 21.9 Å². The van der Waals surface area contributed by atoms with Crippen molar-refractivity contribution in [2.45, 2.75) is 5.22 Å². The molecule has 0 radical (unpaired) electrons. The molecule has 0 saturated carbocycles. The van der Waals surface area contributed by atoms with E-state index in [9.17, 15) is 9.18 Å². The van der Waals surface area contributed by atoms with Gasteiger partial charge in [-0.2, -0.15) is 0 Å². The van der Waals surface area contributed by atoms with Crippen LogP contribution in [0.3, 0.4) is 0 Å². The molecule has 3 aromatic carbocycles. The molecule has 0 aliphatic heterocycles. The molecule has 4 aromatic rings. The van der Waals surface area contributed by atoms with Gasteiger partial charge in [0.1, 0.15) is 5.82 Å². The number of hydrogen-bond acceptors (Lipinski definition) is 5. The standard InChI is InChI=1S/C22H16FN3O2S/c23-18-10-6-17(7-11-18)21-25-26-22(28-21)29-14-20(27)24-19-12-8-16(9-13-19)15-4-2-1-3-5-15/h1-13H,14H2,(H,24,27). The highest BCUT2D eigenvalue weighted by molar-refractivity contribution is 7.99. The molecule has 0 bridgehead atoms. The number of nitrogens with zero attached hydrogens (tertiary/aromatic N) is 2. The molecule has 5 nitrogen and oxygen atoms in total. The van der Waals surface area contributed by atoms with E-state index in [-0.39, 0.29) is 28.6 Å². The highest BCUT2D eigenvalue weighted by Crippen LogP contribution is 2.24. The number of hydrogen-bond donors (Lipinski definition) is 1. The Kier molecular flexibility index (Phi) is 5.67. The molecule has 0 aliphatic carbocycles. The Morgan fingerprint density at radius 2 is 1.52 bits per heavy atom. The van der Waals surface area contributed by atoms with Crippen molar-refractivity contribution in [3.05, 3.63) is 84.7 Å². The van der Waals surface area contributed by atoms with Gasteiger partial charge in [-0.15, -0.1) is 10.2 Å². The summed E-state index contributed by atoms with van der Waals surface area (Å²) in [6, 6.07) is 23.4. The fraction of sp³-hybridized carbons (Fsp3) is 0.0455. The summed E-state index contributed by atoms with van der Waals surface area (Å²) in [7, 11) is 0. The fourth-order valence-electron chi connectivity index (χ4n) is 2.68. The van der Waals surface area contributed by atoms with Crippen LogP contribution in [0.2, 0.25) is 0 Å². The molecule has 1 amide bonds. The summed E-state index contributed by atoms with van der Waals surface area (Å²) >= 11 is 1.14. The SMILES string of the molecule is O=C(CSc1nnc(-c2ccc(F)cc2)o1)Nc1ccc(-c2ccccc2)cc1. The van der Waals surface area contributed by atoms with E-state index in [1.54, 1.807) is 12.1 Å². The van der Waals surface area contributed by atoms with Gasteiger partial charge in [-0.1, -0.05) is 54.2 Å². The van der Waals surface area contributed by atoms with Crippen molar-refractivity contribution in [3.63, 3.8) is 0 Å². The number of halogens is 1. The van der Waals surface area contributed by atoms with E-state index >= 15 is 0 Å². The van der Waals surface area contributed by atoms with Gasteiger partial charge in [-0.3, -0.25) is 4.79 Å². The van der Waals surface area contributed by atoms with Crippen LogP contribution in [0.5, 0.6) is 0 Å². The van der Waals surface area contributed by atoms with Crippen LogP contribution in [0.25, 0.3) is 22.6 Å². The topological polar surface area (TPSA) is 68.0 Å². The highest BCUT2D eigenvalue weighted by Gasteiger charge is 2.11. The van der Waals surface area contributed by atoms with Gasteiger partial charge in [0.05, 0.1) is 5.75 Å². The summed E-state index contributed by atoms with van der Waals surface area (Å²) < 4.78 is 18.5. The zero-order valence-electron chi connectivity index (χ0n) is 15.2. The molecule has 7 heteroatoms. The summed E-state index contributed by atoms with van der Waals surface area (Å²) in [5.41, 5.74) is 3.54. The first-order valence-electron chi connectivity index (χ1n) is 8.85. The van der Waals surface area contributed by atoms with Crippen molar-refractivity contribution in [1.82, 2.24) is 10.2 Å². The molecule has 29 heavy (non-hydrogen) atoms. The van der Waals surface area contributed by atoms with E-state index in [0.717, 1.165) is 22.9 Å². The van der Waals surface area contributed by atoms with Crippen molar-refractivity contribution in [2.24, 2.45) is 0 Å². The lowest BCUT2D eigenvalue weighted by molar-refractivity contribution is -0.113. The lowest BCUT2D eigenvalue weighted by Gasteiger charge is -2.06. The molecule has 0 fully saturated rings. The zero-order valence-corrected chi connectivity index (χ0v) is 16.0. The van der Waals surface area contributed by atoms with Gasteiger partial charge in [-0.05, 0) is 47.5 Å². The molecular formula is C22H16FN3O2S. The quantitative estimate of drug-likeness (QED) is 0.443. The van der Waals surface area contributed by atoms with Gasteiger partial charge < -0.3 is 9.73 Å². The van der Waals surface area contributed by atoms with Gasteiger partial charge in [0.2, 0.25) is 11.8 Å². The molecule has 0 spiro atoms. The van der Waals surface area contributed by atoms with Gasteiger partial charge >= 0.3 is 0 Å². The Morgan fingerprint density at radius 3 is 2.24 bits per heavy atom. The van der Waals surface area contributed by atoms with Gasteiger partial charge in [0, 0.05) is 11.3 Å². The minimum atomic E-state index is -0.337. The van der Waals surface area contributed by atoms with E-state index in [1.165, 1.54) is 12.1 Å². The van der Waals surface area contributed by atoms with Crippen LogP contribution in [0.15, 0.2) is 88.5 Å². The van der Waals surface area contributed by atoms with Crippen molar-refractivity contribution in [3.8, 4) is 22.6 Å². The normalized spacial score (nSPS) is 10.7. The maximum atomic E-state index is 13.0. The fourth-order valence-corrected chi connectivity index (χ4v) is 3.24. The highest BCUT2D eigenvalue weighted by atomic mass is 32.2. The molecule has 4 rings (SSSR count). The van der Waals surface area contributed by atoms with Crippen molar-refractivity contribution >= 4 is 23.4 Å². The van der Waals surface area contributed by atoms with Crippen LogP contribution in [0.4, 0.5) is 10.1 Å². The minimum absolute atomic E-state index is 0.130. The first kappa shape index (κ1) is 18.9. The second-order valence-corrected chi connectivity index (χ2v) is 7.09. The number of benzene rings is 3. The maximum absolute atomic E-state index is 13.0. The Labute approximate surface area is 171 Å². The van der Waals surface area contributed by atoms with Crippen molar-refractivity contribution < 1.29 is 13.6 Å². The number of amides is 1. The summed E-state index contributed by atoms with van der Waals surface area (Å²) in [5, 5.41) is 11.0. The van der Waals surface area contributed by atoms with Crippen LogP contribution in [0.1, 0.15) is 0 Å². The van der Waals surface area contributed by atoms with Gasteiger partial charge in [0.25, 0.3) is 5.22 Å². The number of carbonyl (C=O) groups excluding carboxylic acids is 1. The van der Waals surface area contributed by atoms with Crippen molar-refractivity contribution in [1.29, 1.82) is 0 Å². The molecule has 1 heterocycles. The number of thioether (sulfide) groups is 1. The summed E-state index contributed by atoms with van der Waals surface area (Å²) in [4.78, 5) is 12.2. The van der Waals surface area contributed by atoms with Crippen LogP contribution in [0, 0.1) is 5.82 Å². The van der Waals surface area contributed by atoms with E-state index in [4.69, 9.17) is 4.42 Å². The van der Waals surface area contributed by atoms with Gasteiger partial charge in [-0.25, -0.2) is 4.39 Å². The number of carbonyl (C=O) groups is 1. The number of rotatable bonds is 6.